The number of phenolic OH excluding ortho intramolecular Hbond substituents is 1. The van der Waals surface area contributed by atoms with E-state index in [0.29, 0.717) is 11.1 Å². The third-order valence-corrected chi connectivity index (χ3v) is 4.12. The summed E-state index contributed by atoms with van der Waals surface area (Å²) in [6.07, 6.45) is 0. The van der Waals surface area contributed by atoms with Crippen molar-refractivity contribution in [1.82, 2.24) is 0 Å². The molecule has 21 heavy (non-hydrogen) atoms. The van der Waals surface area contributed by atoms with E-state index in [1.807, 2.05) is 6.07 Å². The predicted molar refractivity (Wildman–Crippen MR) is 80.2 cm³/mol. The van der Waals surface area contributed by atoms with E-state index < -0.39 is 10.0 Å². The van der Waals surface area contributed by atoms with E-state index in [1.165, 1.54) is 12.1 Å². The second-order valence-electron chi connectivity index (χ2n) is 4.65. The van der Waals surface area contributed by atoms with Crippen molar-refractivity contribution < 1.29 is 13.5 Å². The number of anilines is 1. The Bertz CT molecular complexity index is 808. The maximum absolute atomic E-state index is 12.1. The molecule has 0 amide bonds. The zero-order chi connectivity index (χ0) is 15.5. The molecule has 0 aromatic heterocycles. The first kappa shape index (κ1) is 14.9. The fourth-order valence-corrected chi connectivity index (χ4v) is 3.13. The van der Waals surface area contributed by atoms with E-state index in [4.69, 9.17) is 5.26 Å². The Morgan fingerprint density at radius 3 is 2.62 bits per heavy atom. The molecule has 6 heteroatoms. The summed E-state index contributed by atoms with van der Waals surface area (Å²) in [7, 11) is -3.72. The van der Waals surface area contributed by atoms with Gasteiger partial charge in [-0.1, -0.05) is 24.3 Å². The normalized spacial score (nSPS) is 10.9. The molecule has 0 unspecified atom stereocenters. The van der Waals surface area contributed by atoms with Gasteiger partial charge in [-0.15, -0.1) is 0 Å². The number of nitrogens with zero attached hydrogens (tertiary/aromatic N) is 1. The first-order valence-electron chi connectivity index (χ1n) is 6.19. The predicted octanol–water partition coefficient (Wildman–Crippen LogP) is 2.51. The summed E-state index contributed by atoms with van der Waals surface area (Å²) >= 11 is 0. The minimum absolute atomic E-state index is 0.120. The molecule has 2 aromatic rings. The van der Waals surface area contributed by atoms with Crippen LogP contribution in [0, 0.1) is 18.3 Å². The van der Waals surface area contributed by atoms with Crippen LogP contribution >= 0.6 is 0 Å². The standard InChI is InChI=1S/C15H14N2O3S/c1-11-6-7-14(15(18)8-11)17-21(19,20)10-13-5-3-2-4-12(13)9-16/h2-8,17-18H,10H2,1H3. The van der Waals surface area contributed by atoms with Gasteiger partial charge in [0.25, 0.3) is 0 Å². The van der Waals surface area contributed by atoms with Gasteiger partial charge < -0.3 is 5.11 Å². The Kier molecular flexibility index (Phi) is 4.15. The van der Waals surface area contributed by atoms with Gasteiger partial charge in [-0.25, -0.2) is 8.42 Å². The van der Waals surface area contributed by atoms with E-state index >= 15 is 0 Å². The number of aryl methyl sites for hydroxylation is 1. The van der Waals surface area contributed by atoms with Gasteiger partial charge in [0.1, 0.15) is 5.75 Å². The first-order chi connectivity index (χ1) is 9.91. The van der Waals surface area contributed by atoms with Crippen LogP contribution in [0.25, 0.3) is 0 Å². The molecule has 0 aliphatic heterocycles. The molecule has 0 heterocycles. The zero-order valence-corrected chi connectivity index (χ0v) is 12.2. The quantitative estimate of drug-likeness (QED) is 0.849. The maximum Gasteiger partial charge on any atom is 0.237 e. The second-order valence-corrected chi connectivity index (χ2v) is 6.37. The summed E-state index contributed by atoms with van der Waals surface area (Å²) in [5.74, 6) is -0.462. The Hall–Kier alpha value is -2.52. The molecular formula is C15H14N2O3S. The number of benzene rings is 2. The van der Waals surface area contributed by atoms with Crippen molar-refractivity contribution >= 4 is 15.7 Å². The summed E-state index contributed by atoms with van der Waals surface area (Å²) in [5.41, 5.74) is 1.68. The summed E-state index contributed by atoms with van der Waals surface area (Å²) in [6.45, 7) is 1.79. The number of hydrogen-bond acceptors (Lipinski definition) is 4. The number of phenols is 1. The maximum atomic E-state index is 12.1. The number of sulfonamides is 1. The minimum Gasteiger partial charge on any atom is -0.506 e. The Morgan fingerprint density at radius 2 is 1.95 bits per heavy atom. The van der Waals surface area contributed by atoms with Gasteiger partial charge in [-0.2, -0.15) is 5.26 Å². The van der Waals surface area contributed by atoms with E-state index in [-0.39, 0.29) is 17.2 Å². The first-order valence-corrected chi connectivity index (χ1v) is 7.84. The molecule has 0 aliphatic carbocycles. The second kappa shape index (κ2) is 5.85. The molecule has 108 valence electrons. The van der Waals surface area contributed by atoms with Crippen LogP contribution in [0.1, 0.15) is 16.7 Å². The van der Waals surface area contributed by atoms with E-state index in [1.54, 1.807) is 37.3 Å². The fraction of sp³-hybridized carbons (Fsp3) is 0.133. The molecule has 2 aromatic carbocycles. The van der Waals surface area contributed by atoms with E-state index in [0.717, 1.165) is 5.56 Å². The van der Waals surface area contributed by atoms with Crippen molar-refractivity contribution in [3.05, 3.63) is 59.2 Å². The summed E-state index contributed by atoms with van der Waals surface area (Å²) in [4.78, 5) is 0. The molecule has 5 nitrogen and oxygen atoms in total. The smallest absolute Gasteiger partial charge is 0.237 e. The lowest BCUT2D eigenvalue weighted by Gasteiger charge is -2.10. The van der Waals surface area contributed by atoms with Crippen LogP contribution in [-0.4, -0.2) is 13.5 Å². The van der Waals surface area contributed by atoms with Crippen LogP contribution in [0.5, 0.6) is 5.75 Å². The van der Waals surface area contributed by atoms with Crippen LogP contribution in [0.15, 0.2) is 42.5 Å². The van der Waals surface area contributed by atoms with Gasteiger partial charge in [0.2, 0.25) is 10.0 Å². The third kappa shape index (κ3) is 3.74. The molecule has 0 fully saturated rings. The van der Waals surface area contributed by atoms with E-state index in [2.05, 4.69) is 4.72 Å². The zero-order valence-electron chi connectivity index (χ0n) is 11.4. The Balaban J connectivity index is 2.25. The van der Waals surface area contributed by atoms with Crippen molar-refractivity contribution in [1.29, 1.82) is 5.26 Å². The molecule has 2 rings (SSSR count). The molecular weight excluding hydrogens is 288 g/mol. The highest BCUT2D eigenvalue weighted by Gasteiger charge is 2.16. The van der Waals surface area contributed by atoms with Crippen molar-refractivity contribution in [2.24, 2.45) is 0 Å². The van der Waals surface area contributed by atoms with Gasteiger partial charge >= 0.3 is 0 Å². The molecule has 2 N–H and O–H groups in total. The largest absolute Gasteiger partial charge is 0.506 e. The summed E-state index contributed by atoms with van der Waals surface area (Å²) in [5, 5.41) is 18.7. The SMILES string of the molecule is Cc1ccc(NS(=O)(=O)Cc2ccccc2C#N)c(O)c1. The lowest BCUT2D eigenvalue weighted by Crippen LogP contribution is -2.15. The Morgan fingerprint density at radius 1 is 1.24 bits per heavy atom. The van der Waals surface area contributed by atoms with Crippen molar-refractivity contribution in [3.8, 4) is 11.8 Å². The molecule has 0 atom stereocenters. The molecule has 0 saturated carbocycles. The summed E-state index contributed by atoms with van der Waals surface area (Å²) < 4.78 is 26.6. The fourth-order valence-electron chi connectivity index (χ4n) is 1.89. The highest BCUT2D eigenvalue weighted by Crippen LogP contribution is 2.25. The lowest BCUT2D eigenvalue weighted by atomic mass is 10.1. The number of nitriles is 1. The average molecular weight is 302 g/mol. The highest BCUT2D eigenvalue weighted by molar-refractivity contribution is 7.91. The monoisotopic (exact) mass is 302 g/mol. The lowest BCUT2D eigenvalue weighted by molar-refractivity contribution is 0.477. The van der Waals surface area contributed by atoms with Crippen LogP contribution in [-0.2, 0) is 15.8 Å². The number of hydrogen-bond donors (Lipinski definition) is 2. The molecule has 0 aliphatic rings. The highest BCUT2D eigenvalue weighted by atomic mass is 32.2. The van der Waals surface area contributed by atoms with Gasteiger partial charge in [0, 0.05) is 0 Å². The van der Waals surface area contributed by atoms with Crippen LogP contribution < -0.4 is 4.72 Å². The van der Waals surface area contributed by atoms with E-state index in [9.17, 15) is 13.5 Å². The van der Waals surface area contributed by atoms with Crippen molar-refractivity contribution in [2.75, 3.05) is 4.72 Å². The van der Waals surface area contributed by atoms with Gasteiger partial charge in [0.05, 0.1) is 23.1 Å². The van der Waals surface area contributed by atoms with Gasteiger partial charge in [0.15, 0.2) is 0 Å². The number of rotatable bonds is 4. The van der Waals surface area contributed by atoms with Crippen LogP contribution in [0.4, 0.5) is 5.69 Å². The van der Waals surface area contributed by atoms with Gasteiger partial charge in [-0.05, 0) is 36.2 Å². The summed E-state index contributed by atoms with van der Waals surface area (Å²) in [6, 6.07) is 13.1. The third-order valence-electron chi connectivity index (χ3n) is 2.90. The van der Waals surface area contributed by atoms with Crippen molar-refractivity contribution in [3.63, 3.8) is 0 Å². The Labute approximate surface area is 123 Å². The molecule has 0 spiro atoms. The van der Waals surface area contributed by atoms with Crippen molar-refractivity contribution in [2.45, 2.75) is 12.7 Å². The van der Waals surface area contributed by atoms with Crippen LogP contribution in [0.3, 0.4) is 0 Å². The molecule has 0 bridgehead atoms. The number of nitrogens with one attached hydrogen (secondary N) is 1. The minimum atomic E-state index is -3.72. The van der Waals surface area contributed by atoms with Crippen LogP contribution in [0.2, 0.25) is 0 Å². The number of aromatic hydroxyl groups is 1. The molecule has 0 saturated heterocycles. The average Bonchev–Trinajstić information content (AvgIpc) is 2.42. The molecule has 0 radical (unpaired) electrons. The topological polar surface area (TPSA) is 90.2 Å². The van der Waals surface area contributed by atoms with Gasteiger partial charge in [-0.3, -0.25) is 4.72 Å².